The summed E-state index contributed by atoms with van der Waals surface area (Å²) in [5.41, 5.74) is 0.769. The maximum absolute atomic E-state index is 9.47. The number of nitrogens with zero attached hydrogens (tertiary/aromatic N) is 2. The van der Waals surface area contributed by atoms with Crippen molar-refractivity contribution in [3.63, 3.8) is 0 Å². The second-order valence-corrected chi connectivity index (χ2v) is 5.22. The van der Waals surface area contributed by atoms with Crippen LogP contribution in [0.3, 0.4) is 0 Å². The first-order valence-electron chi connectivity index (χ1n) is 6.26. The van der Waals surface area contributed by atoms with Crippen molar-refractivity contribution in [2.45, 2.75) is 19.8 Å². The Morgan fingerprint density at radius 2 is 2.05 bits per heavy atom. The molecule has 0 atom stereocenters. The zero-order valence-corrected chi connectivity index (χ0v) is 11.6. The molecular weight excluding hydrogens is 262 g/mol. The van der Waals surface area contributed by atoms with E-state index < -0.39 is 0 Å². The van der Waals surface area contributed by atoms with Crippen LogP contribution < -0.4 is 5.32 Å². The van der Waals surface area contributed by atoms with Crippen LogP contribution in [0.2, 0.25) is 0 Å². The fraction of sp³-hybridized carbons (Fsp3) is 0.385. The number of phenolic OH excluding ortho intramolecular Hbond substituents is 2. The lowest BCUT2D eigenvalue weighted by Gasteiger charge is -1.99. The van der Waals surface area contributed by atoms with Gasteiger partial charge in [-0.15, -0.1) is 10.2 Å². The van der Waals surface area contributed by atoms with Gasteiger partial charge in [0.05, 0.1) is 0 Å². The van der Waals surface area contributed by atoms with E-state index in [2.05, 4.69) is 22.4 Å². The molecule has 2 aromatic rings. The molecule has 0 aliphatic heterocycles. The summed E-state index contributed by atoms with van der Waals surface area (Å²) >= 11 is 1.52. The van der Waals surface area contributed by atoms with Gasteiger partial charge in [-0.05, 0) is 37.7 Å². The van der Waals surface area contributed by atoms with E-state index in [9.17, 15) is 10.2 Å². The van der Waals surface area contributed by atoms with E-state index in [1.165, 1.54) is 23.5 Å². The number of hydrogen-bond acceptors (Lipinski definition) is 6. The van der Waals surface area contributed by atoms with Gasteiger partial charge in [-0.25, -0.2) is 0 Å². The van der Waals surface area contributed by atoms with Gasteiger partial charge in [0, 0.05) is 12.0 Å². The summed E-state index contributed by atoms with van der Waals surface area (Å²) in [4.78, 5) is 0. The molecule has 5 nitrogen and oxygen atoms in total. The van der Waals surface area contributed by atoms with E-state index >= 15 is 0 Å². The SMILES string of the molecule is CCNCCCc1nnc(-c2ccc(O)c(O)c2)s1. The fourth-order valence-corrected chi connectivity index (χ4v) is 2.55. The Morgan fingerprint density at radius 3 is 2.79 bits per heavy atom. The molecule has 0 saturated heterocycles. The molecule has 0 bridgehead atoms. The van der Waals surface area contributed by atoms with E-state index in [0.29, 0.717) is 0 Å². The van der Waals surface area contributed by atoms with Crippen LogP contribution in [0, 0.1) is 0 Å². The highest BCUT2D eigenvalue weighted by molar-refractivity contribution is 7.14. The molecule has 0 radical (unpaired) electrons. The van der Waals surface area contributed by atoms with Gasteiger partial charge in [-0.2, -0.15) is 0 Å². The average Bonchev–Trinajstić information content (AvgIpc) is 2.87. The minimum Gasteiger partial charge on any atom is -0.504 e. The lowest BCUT2D eigenvalue weighted by molar-refractivity contribution is 0.404. The van der Waals surface area contributed by atoms with Gasteiger partial charge in [0.25, 0.3) is 0 Å². The fourth-order valence-electron chi connectivity index (χ4n) is 1.67. The largest absolute Gasteiger partial charge is 0.504 e. The molecule has 1 aromatic carbocycles. The molecule has 0 unspecified atom stereocenters. The van der Waals surface area contributed by atoms with Crippen LogP contribution in [0.1, 0.15) is 18.4 Å². The summed E-state index contributed by atoms with van der Waals surface area (Å²) in [6.07, 6.45) is 1.93. The second kappa shape index (κ2) is 6.49. The average molecular weight is 279 g/mol. The summed E-state index contributed by atoms with van der Waals surface area (Å²) in [6.45, 7) is 4.04. The molecule has 2 rings (SSSR count). The van der Waals surface area contributed by atoms with Crippen LogP contribution in [-0.4, -0.2) is 33.5 Å². The lowest BCUT2D eigenvalue weighted by atomic mass is 10.2. The first-order chi connectivity index (χ1) is 9.20. The summed E-state index contributed by atoms with van der Waals surface area (Å²) < 4.78 is 0. The first kappa shape index (κ1) is 13.8. The van der Waals surface area contributed by atoms with Crippen LogP contribution in [0.5, 0.6) is 11.5 Å². The number of aromatic nitrogens is 2. The standard InChI is InChI=1S/C13H17N3O2S/c1-2-14-7-3-4-12-15-16-13(19-12)9-5-6-10(17)11(18)8-9/h5-6,8,14,17-18H,2-4,7H2,1H3. The van der Waals surface area contributed by atoms with Crippen LogP contribution in [0.25, 0.3) is 10.6 Å². The lowest BCUT2D eigenvalue weighted by Crippen LogP contribution is -2.14. The van der Waals surface area contributed by atoms with E-state index in [1.54, 1.807) is 6.07 Å². The molecule has 0 spiro atoms. The molecule has 0 fully saturated rings. The molecule has 0 amide bonds. The maximum Gasteiger partial charge on any atom is 0.158 e. The van der Waals surface area contributed by atoms with Gasteiger partial charge in [-0.1, -0.05) is 18.3 Å². The van der Waals surface area contributed by atoms with Gasteiger partial charge < -0.3 is 15.5 Å². The zero-order chi connectivity index (χ0) is 13.7. The topological polar surface area (TPSA) is 78.3 Å². The van der Waals surface area contributed by atoms with Crippen molar-refractivity contribution in [3.8, 4) is 22.1 Å². The van der Waals surface area contributed by atoms with Crippen LogP contribution in [-0.2, 0) is 6.42 Å². The summed E-state index contributed by atoms with van der Waals surface area (Å²) in [5, 5.41) is 32.0. The second-order valence-electron chi connectivity index (χ2n) is 4.16. The first-order valence-corrected chi connectivity index (χ1v) is 7.07. The predicted molar refractivity (Wildman–Crippen MR) is 75.5 cm³/mol. The van der Waals surface area contributed by atoms with Crippen molar-refractivity contribution >= 4 is 11.3 Å². The predicted octanol–water partition coefficient (Wildman–Crippen LogP) is 2.16. The molecule has 6 heteroatoms. The number of phenols is 2. The highest BCUT2D eigenvalue weighted by atomic mass is 32.1. The van der Waals surface area contributed by atoms with Crippen LogP contribution in [0.4, 0.5) is 0 Å². The van der Waals surface area contributed by atoms with Crippen molar-refractivity contribution in [1.29, 1.82) is 0 Å². The Bertz CT molecular complexity index is 542. The van der Waals surface area contributed by atoms with Crippen molar-refractivity contribution in [2.24, 2.45) is 0 Å². The summed E-state index contributed by atoms with van der Waals surface area (Å²) in [5.74, 6) is -0.263. The molecule has 0 saturated carbocycles. The number of rotatable bonds is 6. The molecule has 3 N–H and O–H groups in total. The van der Waals surface area contributed by atoms with Crippen molar-refractivity contribution in [1.82, 2.24) is 15.5 Å². The minimum absolute atomic E-state index is 0.126. The number of benzene rings is 1. The maximum atomic E-state index is 9.47. The third-order valence-corrected chi connectivity index (χ3v) is 3.72. The quantitative estimate of drug-likeness (QED) is 0.558. The summed E-state index contributed by atoms with van der Waals surface area (Å²) in [7, 11) is 0. The van der Waals surface area contributed by atoms with Crippen molar-refractivity contribution in [3.05, 3.63) is 23.2 Å². The number of hydrogen-bond donors (Lipinski definition) is 3. The minimum atomic E-state index is -0.138. The Hall–Kier alpha value is -1.66. The Morgan fingerprint density at radius 1 is 1.21 bits per heavy atom. The molecule has 1 aromatic heterocycles. The smallest absolute Gasteiger partial charge is 0.158 e. The highest BCUT2D eigenvalue weighted by Crippen LogP contribution is 2.31. The molecular formula is C13H17N3O2S. The molecule has 1 heterocycles. The van der Waals surface area contributed by atoms with E-state index in [1.807, 2.05) is 0 Å². The molecule has 0 aliphatic carbocycles. The van der Waals surface area contributed by atoms with Crippen LogP contribution in [0.15, 0.2) is 18.2 Å². The van der Waals surface area contributed by atoms with Gasteiger partial charge in [0.1, 0.15) is 10.0 Å². The number of nitrogens with one attached hydrogen (secondary N) is 1. The third-order valence-electron chi connectivity index (χ3n) is 2.68. The van der Waals surface area contributed by atoms with Gasteiger partial charge in [0.2, 0.25) is 0 Å². The number of aromatic hydroxyl groups is 2. The van der Waals surface area contributed by atoms with Gasteiger partial charge in [0.15, 0.2) is 11.5 Å². The van der Waals surface area contributed by atoms with Crippen molar-refractivity contribution in [2.75, 3.05) is 13.1 Å². The normalized spacial score (nSPS) is 10.8. The Labute approximate surface area is 115 Å². The molecule has 0 aliphatic rings. The summed E-state index contributed by atoms with van der Waals surface area (Å²) in [6, 6.07) is 4.67. The van der Waals surface area contributed by atoms with E-state index in [-0.39, 0.29) is 11.5 Å². The zero-order valence-electron chi connectivity index (χ0n) is 10.8. The Balaban J connectivity index is 2.01. The molecule has 102 valence electrons. The molecule has 19 heavy (non-hydrogen) atoms. The van der Waals surface area contributed by atoms with Crippen molar-refractivity contribution < 1.29 is 10.2 Å². The van der Waals surface area contributed by atoms with Crippen LogP contribution >= 0.6 is 11.3 Å². The van der Waals surface area contributed by atoms with E-state index in [4.69, 9.17) is 0 Å². The highest BCUT2D eigenvalue weighted by Gasteiger charge is 2.08. The number of aryl methyl sites for hydroxylation is 1. The third kappa shape index (κ3) is 3.65. The monoisotopic (exact) mass is 279 g/mol. The van der Waals surface area contributed by atoms with Gasteiger partial charge in [-0.3, -0.25) is 0 Å². The van der Waals surface area contributed by atoms with E-state index in [0.717, 1.165) is 41.5 Å². The van der Waals surface area contributed by atoms with Gasteiger partial charge >= 0.3 is 0 Å². The Kier molecular flexibility index (Phi) is 4.70.